The van der Waals surface area contributed by atoms with Crippen LogP contribution in [-0.2, 0) is 4.79 Å². The highest BCUT2D eigenvalue weighted by atomic mass is 32.2. The molecule has 3 N–H and O–H groups in total. The zero-order valence-corrected chi connectivity index (χ0v) is 20.3. The molecule has 3 aromatic carbocycles. The van der Waals surface area contributed by atoms with Crippen molar-refractivity contribution >= 4 is 68.2 Å². The number of carbonyl (C=O) groups excluding carboxylic acids is 2. The van der Waals surface area contributed by atoms with Gasteiger partial charge in [-0.05, 0) is 42.8 Å². The van der Waals surface area contributed by atoms with Gasteiger partial charge in [0, 0.05) is 23.5 Å². The fraction of sp³-hybridized carbons (Fsp3) is 0.0833. The topological polar surface area (TPSA) is 152 Å². The highest BCUT2D eigenvalue weighted by Crippen LogP contribution is 2.32. The maximum absolute atomic E-state index is 12.7. The number of hydrogen-bond acceptors (Lipinski definition) is 8. The van der Waals surface area contributed by atoms with Gasteiger partial charge in [-0.1, -0.05) is 30.0 Å². The summed E-state index contributed by atoms with van der Waals surface area (Å²) >= 11 is 2.64. The molecule has 0 aliphatic heterocycles. The third-order valence-electron chi connectivity index (χ3n) is 5.06. The van der Waals surface area contributed by atoms with E-state index in [9.17, 15) is 29.6 Å². The van der Waals surface area contributed by atoms with Crippen LogP contribution in [0.25, 0.3) is 10.2 Å². The standard InChI is InChI=1S/C24H18N4O6S2/c1-13-4-2-3-5-18(13)26-21(29)12-35-24-27-19-9-6-14(10-20(19)36-24)25-22(30)16-8-7-15(28(33)34)11-17(16)23(31)32/h2-11H,12H2,1H3,(H,25,30)(H,26,29)(H,31,32). The summed E-state index contributed by atoms with van der Waals surface area (Å²) in [6.07, 6.45) is 0. The molecule has 0 saturated carbocycles. The monoisotopic (exact) mass is 522 g/mol. The summed E-state index contributed by atoms with van der Waals surface area (Å²) in [5.74, 6) is -2.14. The van der Waals surface area contributed by atoms with E-state index < -0.39 is 28.1 Å². The lowest BCUT2D eigenvalue weighted by Gasteiger charge is -2.08. The number of nitrogens with zero attached hydrogens (tertiary/aromatic N) is 2. The number of thiazole rings is 1. The molecule has 4 rings (SSSR count). The maximum atomic E-state index is 12.7. The first-order valence-corrected chi connectivity index (χ1v) is 12.2. The van der Waals surface area contributed by atoms with E-state index in [4.69, 9.17) is 0 Å². The molecule has 1 heterocycles. The number of amides is 2. The minimum absolute atomic E-state index is 0.154. The molecule has 2 amide bonds. The average Bonchev–Trinajstić information content (AvgIpc) is 3.26. The van der Waals surface area contributed by atoms with E-state index in [-0.39, 0.29) is 17.2 Å². The minimum atomic E-state index is -1.45. The van der Waals surface area contributed by atoms with Crippen LogP contribution in [0.5, 0.6) is 0 Å². The van der Waals surface area contributed by atoms with Crippen molar-refractivity contribution in [1.29, 1.82) is 0 Å². The van der Waals surface area contributed by atoms with Crippen molar-refractivity contribution in [2.75, 3.05) is 16.4 Å². The molecule has 0 unspecified atom stereocenters. The van der Waals surface area contributed by atoms with Crippen molar-refractivity contribution in [3.05, 3.63) is 87.5 Å². The van der Waals surface area contributed by atoms with Crippen molar-refractivity contribution in [3.63, 3.8) is 0 Å². The third kappa shape index (κ3) is 5.67. The predicted molar refractivity (Wildman–Crippen MR) is 138 cm³/mol. The van der Waals surface area contributed by atoms with Gasteiger partial charge >= 0.3 is 5.97 Å². The number of carboxylic acid groups (broad SMARTS) is 1. The number of nitro benzene ring substituents is 1. The first-order chi connectivity index (χ1) is 17.2. The van der Waals surface area contributed by atoms with Crippen LogP contribution >= 0.6 is 23.1 Å². The minimum Gasteiger partial charge on any atom is -0.478 e. The summed E-state index contributed by atoms with van der Waals surface area (Å²) < 4.78 is 1.44. The number of para-hydroxylation sites is 1. The largest absolute Gasteiger partial charge is 0.478 e. The molecule has 0 aliphatic rings. The number of carboxylic acids is 1. The van der Waals surface area contributed by atoms with Gasteiger partial charge in [0.1, 0.15) is 0 Å². The maximum Gasteiger partial charge on any atom is 0.336 e. The van der Waals surface area contributed by atoms with Crippen molar-refractivity contribution in [3.8, 4) is 0 Å². The number of rotatable bonds is 8. The molecule has 0 saturated heterocycles. The van der Waals surface area contributed by atoms with Gasteiger partial charge in [0.05, 0.1) is 32.0 Å². The quantitative estimate of drug-likeness (QED) is 0.162. The van der Waals surface area contributed by atoms with Crippen molar-refractivity contribution in [2.24, 2.45) is 0 Å². The predicted octanol–water partition coefficient (Wildman–Crippen LogP) is 5.19. The number of aromatic nitrogens is 1. The Morgan fingerprint density at radius 2 is 1.83 bits per heavy atom. The van der Waals surface area contributed by atoms with E-state index in [2.05, 4.69) is 15.6 Å². The summed E-state index contributed by atoms with van der Waals surface area (Å²) in [5, 5.41) is 25.8. The summed E-state index contributed by atoms with van der Waals surface area (Å²) in [5.41, 5.74) is 1.71. The zero-order valence-electron chi connectivity index (χ0n) is 18.7. The lowest BCUT2D eigenvalue weighted by atomic mass is 10.1. The molecule has 0 fully saturated rings. The second-order valence-electron chi connectivity index (χ2n) is 7.56. The number of fused-ring (bicyclic) bond motifs is 1. The number of nitrogens with one attached hydrogen (secondary N) is 2. The highest BCUT2D eigenvalue weighted by Gasteiger charge is 2.21. The highest BCUT2D eigenvalue weighted by molar-refractivity contribution is 8.01. The van der Waals surface area contributed by atoms with Gasteiger partial charge in [-0.25, -0.2) is 9.78 Å². The smallest absolute Gasteiger partial charge is 0.336 e. The van der Waals surface area contributed by atoms with E-state index in [1.165, 1.54) is 23.1 Å². The molecule has 182 valence electrons. The Labute approximate surface area is 212 Å². The van der Waals surface area contributed by atoms with Crippen LogP contribution in [0.4, 0.5) is 17.1 Å². The van der Waals surface area contributed by atoms with Crippen LogP contribution < -0.4 is 10.6 Å². The fourth-order valence-corrected chi connectivity index (χ4v) is 5.20. The van der Waals surface area contributed by atoms with Gasteiger partial charge in [-0.2, -0.15) is 0 Å². The van der Waals surface area contributed by atoms with Gasteiger partial charge in [0.25, 0.3) is 11.6 Å². The van der Waals surface area contributed by atoms with Crippen molar-refractivity contribution in [1.82, 2.24) is 4.98 Å². The summed E-state index contributed by atoms with van der Waals surface area (Å²) in [6.45, 7) is 1.91. The van der Waals surface area contributed by atoms with Gasteiger partial charge in [0.15, 0.2) is 4.34 Å². The fourth-order valence-electron chi connectivity index (χ4n) is 3.29. The molecule has 0 bridgehead atoms. The molecule has 36 heavy (non-hydrogen) atoms. The van der Waals surface area contributed by atoms with Crippen LogP contribution in [0, 0.1) is 17.0 Å². The third-order valence-corrected chi connectivity index (χ3v) is 7.22. The number of carbonyl (C=O) groups is 3. The summed E-state index contributed by atoms with van der Waals surface area (Å²) in [6, 6.07) is 15.5. The Hall–Kier alpha value is -4.29. The zero-order chi connectivity index (χ0) is 25.8. The Bertz CT molecular complexity index is 1520. The van der Waals surface area contributed by atoms with Crippen LogP contribution in [0.2, 0.25) is 0 Å². The first-order valence-electron chi connectivity index (χ1n) is 10.4. The van der Waals surface area contributed by atoms with Crippen molar-refractivity contribution < 1.29 is 24.4 Å². The Balaban J connectivity index is 1.45. The molecule has 0 atom stereocenters. The molecule has 10 nitrogen and oxygen atoms in total. The molecular weight excluding hydrogens is 504 g/mol. The second-order valence-corrected chi connectivity index (χ2v) is 9.81. The van der Waals surface area contributed by atoms with Crippen molar-refractivity contribution in [2.45, 2.75) is 11.3 Å². The van der Waals surface area contributed by atoms with Gasteiger partial charge < -0.3 is 15.7 Å². The molecule has 1 aromatic heterocycles. The number of thioether (sulfide) groups is 1. The molecule has 0 spiro atoms. The Kier molecular flexibility index (Phi) is 7.27. The molecule has 0 radical (unpaired) electrons. The second kappa shape index (κ2) is 10.5. The number of nitro groups is 1. The molecule has 0 aliphatic carbocycles. The first kappa shape index (κ1) is 24.8. The van der Waals surface area contributed by atoms with Crippen LogP contribution in [0.15, 0.2) is 65.0 Å². The van der Waals surface area contributed by atoms with Gasteiger partial charge in [0.2, 0.25) is 5.91 Å². The van der Waals surface area contributed by atoms with E-state index in [0.717, 1.165) is 34.1 Å². The summed E-state index contributed by atoms with van der Waals surface area (Å²) in [7, 11) is 0. The number of aromatic carboxylic acids is 1. The van der Waals surface area contributed by atoms with Crippen LogP contribution in [0.1, 0.15) is 26.3 Å². The van der Waals surface area contributed by atoms with Gasteiger partial charge in [-0.3, -0.25) is 19.7 Å². The number of hydrogen-bond donors (Lipinski definition) is 3. The van der Waals surface area contributed by atoms with E-state index in [1.807, 2.05) is 31.2 Å². The van der Waals surface area contributed by atoms with Crippen LogP contribution in [0.3, 0.4) is 0 Å². The SMILES string of the molecule is Cc1ccccc1NC(=O)CSc1nc2ccc(NC(=O)c3ccc([N+](=O)[O-])cc3C(=O)O)cc2s1. The number of aryl methyl sites for hydroxylation is 1. The normalized spacial score (nSPS) is 10.7. The lowest BCUT2D eigenvalue weighted by molar-refractivity contribution is -0.384. The van der Waals surface area contributed by atoms with E-state index in [1.54, 1.807) is 18.2 Å². The number of non-ortho nitro benzene ring substituents is 1. The van der Waals surface area contributed by atoms with E-state index in [0.29, 0.717) is 15.5 Å². The van der Waals surface area contributed by atoms with Crippen LogP contribution in [-0.4, -0.2) is 38.6 Å². The Morgan fingerprint density at radius 3 is 2.56 bits per heavy atom. The average molecular weight is 523 g/mol. The number of benzene rings is 3. The molecular formula is C24H18N4O6S2. The summed E-state index contributed by atoms with van der Waals surface area (Å²) in [4.78, 5) is 51.3. The Morgan fingerprint density at radius 1 is 1.06 bits per heavy atom. The van der Waals surface area contributed by atoms with E-state index >= 15 is 0 Å². The van der Waals surface area contributed by atoms with Gasteiger partial charge in [-0.15, -0.1) is 11.3 Å². The molecule has 4 aromatic rings. The lowest BCUT2D eigenvalue weighted by Crippen LogP contribution is -2.16. The number of anilines is 2. The molecule has 12 heteroatoms.